The van der Waals surface area contributed by atoms with Crippen molar-refractivity contribution in [2.24, 2.45) is 0 Å². The van der Waals surface area contributed by atoms with Gasteiger partial charge in [-0.15, -0.1) is 0 Å². The number of fused-ring (bicyclic) bond motifs is 2. The molecule has 0 radical (unpaired) electrons. The Labute approximate surface area is 148 Å². The van der Waals surface area contributed by atoms with Gasteiger partial charge in [-0.3, -0.25) is 4.72 Å². The van der Waals surface area contributed by atoms with Crippen molar-refractivity contribution in [3.05, 3.63) is 46.0 Å². The fourth-order valence-corrected chi connectivity index (χ4v) is 5.41. The zero-order valence-corrected chi connectivity index (χ0v) is 15.4. The minimum Gasteiger partial charge on any atom is -0.493 e. The van der Waals surface area contributed by atoms with Crippen LogP contribution in [0, 0.1) is 20.8 Å². The second-order valence-corrected chi connectivity index (χ2v) is 8.37. The molecular formula is C19H21NO4S. The van der Waals surface area contributed by atoms with Gasteiger partial charge in [-0.2, -0.15) is 0 Å². The number of anilines is 1. The highest BCUT2D eigenvalue weighted by molar-refractivity contribution is 7.93. The number of rotatable bonds is 3. The smallest absolute Gasteiger partial charge is 0.266 e. The van der Waals surface area contributed by atoms with Crippen LogP contribution in [-0.4, -0.2) is 21.6 Å². The molecule has 0 amide bonds. The standard InChI is InChI=1S/C19H21NO4S/c1-11-8-12(2)17(13(3)9-11)20-25(21,22)19-15-5-7-23-16(15)10-14-4-6-24-18(14)19/h8-10,20H,4-7H2,1-3H3. The Balaban J connectivity index is 1.86. The SMILES string of the molecule is Cc1cc(C)c(NS(=O)(=O)c2c3c(cc4c2OCC4)OCC3)c(C)c1. The highest BCUT2D eigenvalue weighted by atomic mass is 32.2. The summed E-state index contributed by atoms with van der Waals surface area (Å²) in [4.78, 5) is 0.245. The highest BCUT2D eigenvalue weighted by Crippen LogP contribution is 2.43. The Morgan fingerprint density at radius 1 is 0.960 bits per heavy atom. The van der Waals surface area contributed by atoms with Crippen molar-refractivity contribution in [1.29, 1.82) is 0 Å². The number of benzene rings is 2. The van der Waals surface area contributed by atoms with E-state index in [1.165, 1.54) is 0 Å². The van der Waals surface area contributed by atoms with Gasteiger partial charge in [0.05, 0.1) is 18.9 Å². The summed E-state index contributed by atoms with van der Waals surface area (Å²) in [6.07, 6.45) is 1.28. The largest absolute Gasteiger partial charge is 0.493 e. The van der Waals surface area contributed by atoms with Crippen LogP contribution in [0.1, 0.15) is 27.8 Å². The van der Waals surface area contributed by atoms with Crippen molar-refractivity contribution in [2.75, 3.05) is 17.9 Å². The monoisotopic (exact) mass is 359 g/mol. The van der Waals surface area contributed by atoms with Gasteiger partial charge in [0.15, 0.2) is 0 Å². The van der Waals surface area contributed by atoms with E-state index in [1.807, 2.05) is 39.0 Å². The van der Waals surface area contributed by atoms with Gasteiger partial charge in [0.25, 0.3) is 10.0 Å². The lowest BCUT2D eigenvalue weighted by molar-refractivity contribution is 0.348. The van der Waals surface area contributed by atoms with Gasteiger partial charge in [0.1, 0.15) is 16.4 Å². The number of sulfonamides is 1. The maximum absolute atomic E-state index is 13.3. The van der Waals surface area contributed by atoms with Crippen LogP contribution in [0.5, 0.6) is 11.5 Å². The maximum Gasteiger partial charge on any atom is 0.266 e. The first-order valence-electron chi connectivity index (χ1n) is 8.42. The highest BCUT2D eigenvalue weighted by Gasteiger charge is 2.34. The third-order valence-electron chi connectivity index (χ3n) is 4.78. The predicted octanol–water partition coefficient (Wildman–Crippen LogP) is 3.28. The van der Waals surface area contributed by atoms with Crippen molar-refractivity contribution < 1.29 is 17.9 Å². The molecule has 2 aliphatic heterocycles. The molecule has 2 aliphatic rings. The fraction of sp³-hybridized carbons (Fsp3) is 0.368. The number of hydrogen-bond acceptors (Lipinski definition) is 4. The molecule has 2 aromatic carbocycles. The molecule has 2 heterocycles. The van der Waals surface area contributed by atoms with E-state index in [1.54, 1.807) is 0 Å². The number of ether oxygens (including phenoxy) is 2. The van der Waals surface area contributed by atoms with Crippen molar-refractivity contribution in [3.63, 3.8) is 0 Å². The lowest BCUT2D eigenvalue weighted by Crippen LogP contribution is -2.17. The first kappa shape index (κ1) is 16.3. The first-order valence-corrected chi connectivity index (χ1v) is 9.90. The molecule has 5 nitrogen and oxygen atoms in total. The van der Waals surface area contributed by atoms with E-state index < -0.39 is 10.0 Å². The molecule has 0 spiro atoms. The van der Waals surface area contributed by atoms with E-state index in [9.17, 15) is 8.42 Å². The predicted molar refractivity (Wildman–Crippen MR) is 96.3 cm³/mol. The van der Waals surface area contributed by atoms with Crippen LogP contribution >= 0.6 is 0 Å². The number of aryl methyl sites for hydroxylation is 3. The van der Waals surface area contributed by atoms with Crippen molar-refractivity contribution >= 4 is 15.7 Å². The maximum atomic E-state index is 13.3. The molecular weight excluding hydrogens is 338 g/mol. The number of hydrogen-bond donors (Lipinski definition) is 1. The summed E-state index contributed by atoms with van der Waals surface area (Å²) in [7, 11) is -3.78. The molecule has 0 bridgehead atoms. The molecule has 0 saturated heterocycles. The van der Waals surface area contributed by atoms with E-state index >= 15 is 0 Å². The average molecular weight is 359 g/mol. The third kappa shape index (κ3) is 2.65. The Morgan fingerprint density at radius 2 is 1.64 bits per heavy atom. The van der Waals surface area contributed by atoms with Crippen LogP contribution < -0.4 is 14.2 Å². The second-order valence-electron chi connectivity index (χ2n) is 6.75. The Bertz CT molecular complexity index is 924. The van der Waals surface area contributed by atoms with E-state index in [4.69, 9.17) is 9.47 Å². The van der Waals surface area contributed by atoms with Crippen LogP contribution in [0.2, 0.25) is 0 Å². The summed E-state index contributed by atoms with van der Waals surface area (Å²) in [5.41, 5.74) is 5.17. The Morgan fingerprint density at radius 3 is 2.36 bits per heavy atom. The molecule has 0 saturated carbocycles. The zero-order valence-electron chi connectivity index (χ0n) is 14.6. The molecule has 0 aliphatic carbocycles. The summed E-state index contributed by atoms with van der Waals surface area (Å²) >= 11 is 0. The molecule has 0 aromatic heterocycles. The van der Waals surface area contributed by atoms with Crippen LogP contribution in [-0.2, 0) is 22.9 Å². The molecule has 25 heavy (non-hydrogen) atoms. The van der Waals surface area contributed by atoms with Crippen molar-refractivity contribution in [2.45, 2.75) is 38.5 Å². The molecule has 132 valence electrons. The van der Waals surface area contributed by atoms with Crippen LogP contribution in [0.3, 0.4) is 0 Å². The second kappa shape index (κ2) is 5.66. The topological polar surface area (TPSA) is 64.6 Å². The lowest BCUT2D eigenvalue weighted by atomic mass is 10.1. The molecule has 4 rings (SSSR count). The van der Waals surface area contributed by atoms with Crippen LogP contribution in [0.4, 0.5) is 5.69 Å². The summed E-state index contributed by atoms with van der Waals surface area (Å²) in [5, 5.41) is 0. The summed E-state index contributed by atoms with van der Waals surface area (Å²) in [5.74, 6) is 1.15. The zero-order chi connectivity index (χ0) is 17.8. The Hall–Kier alpha value is -2.21. The fourth-order valence-electron chi connectivity index (χ4n) is 3.75. The van der Waals surface area contributed by atoms with Gasteiger partial charge < -0.3 is 9.47 Å². The van der Waals surface area contributed by atoms with Gasteiger partial charge in [-0.05, 0) is 38.0 Å². The van der Waals surface area contributed by atoms with Gasteiger partial charge in [0.2, 0.25) is 0 Å². The average Bonchev–Trinajstić information content (AvgIpc) is 3.16. The summed E-state index contributed by atoms with van der Waals surface area (Å²) < 4.78 is 40.6. The van der Waals surface area contributed by atoms with Crippen molar-refractivity contribution in [3.8, 4) is 11.5 Å². The van der Waals surface area contributed by atoms with Gasteiger partial charge in [-0.25, -0.2) is 8.42 Å². The van der Waals surface area contributed by atoms with Gasteiger partial charge in [0, 0.05) is 24.0 Å². The quantitative estimate of drug-likeness (QED) is 0.913. The van der Waals surface area contributed by atoms with E-state index in [0.717, 1.165) is 27.8 Å². The minimum absolute atomic E-state index is 0.245. The molecule has 6 heteroatoms. The number of nitrogens with one attached hydrogen (secondary N) is 1. The van der Waals surface area contributed by atoms with Crippen molar-refractivity contribution in [1.82, 2.24) is 0 Å². The van der Waals surface area contributed by atoms with Crippen LogP contribution in [0.25, 0.3) is 0 Å². The minimum atomic E-state index is -3.78. The molecule has 0 fully saturated rings. The first-order chi connectivity index (χ1) is 11.9. The summed E-state index contributed by atoms with van der Waals surface area (Å²) in [6, 6.07) is 5.88. The van der Waals surface area contributed by atoms with Gasteiger partial charge >= 0.3 is 0 Å². The Kier molecular flexibility index (Phi) is 3.68. The lowest BCUT2D eigenvalue weighted by Gasteiger charge is -2.17. The normalized spacial score (nSPS) is 15.3. The molecule has 0 unspecified atom stereocenters. The summed E-state index contributed by atoms with van der Waals surface area (Å²) in [6.45, 7) is 6.84. The molecule has 0 atom stereocenters. The van der Waals surface area contributed by atoms with Gasteiger partial charge in [-0.1, -0.05) is 17.7 Å². The molecule has 2 aromatic rings. The molecule has 1 N–H and O–H groups in total. The van der Waals surface area contributed by atoms with E-state index in [-0.39, 0.29) is 4.90 Å². The van der Waals surface area contributed by atoms with E-state index in [2.05, 4.69) is 4.72 Å². The third-order valence-corrected chi connectivity index (χ3v) is 6.23. The van der Waals surface area contributed by atoms with Crippen LogP contribution in [0.15, 0.2) is 23.1 Å². The van der Waals surface area contributed by atoms with E-state index in [0.29, 0.717) is 43.2 Å².